The molecule has 5 nitrogen and oxygen atoms in total. The Morgan fingerprint density at radius 1 is 1.15 bits per heavy atom. The number of aryl methyl sites for hydroxylation is 1. The quantitative estimate of drug-likeness (QED) is 0.822. The Hall–Kier alpha value is -2.69. The molecule has 0 saturated carbocycles. The molecule has 27 heavy (non-hydrogen) atoms. The molecule has 2 aliphatic rings. The van der Waals surface area contributed by atoms with E-state index in [0.29, 0.717) is 13.2 Å². The maximum atomic E-state index is 13.1. The molecule has 1 amide bonds. The zero-order chi connectivity index (χ0) is 18.8. The Morgan fingerprint density at radius 2 is 1.96 bits per heavy atom. The lowest BCUT2D eigenvalue weighted by Crippen LogP contribution is -2.40. The molecule has 2 unspecified atom stereocenters. The van der Waals surface area contributed by atoms with Gasteiger partial charge in [-0.05, 0) is 62.1 Å². The van der Waals surface area contributed by atoms with Gasteiger partial charge in [0.2, 0.25) is 0 Å². The SMILES string of the molecule is Cc1cccc(OC(C)C(=O)N2CCCC2c2ccc3c(c2)OCCO3)c1. The van der Waals surface area contributed by atoms with Crippen LogP contribution in [-0.2, 0) is 4.79 Å². The van der Waals surface area contributed by atoms with Crippen LogP contribution in [0.5, 0.6) is 17.2 Å². The van der Waals surface area contributed by atoms with Crippen molar-refractivity contribution in [2.24, 2.45) is 0 Å². The number of amides is 1. The van der Waals surface area contributed by atoms with Crippen LogP contribution >= 0.6 is 0 Å². The fraction of sp³-hybridized carbons (Fsp3) is 0.409. The number of fused-ring (bicyclic) bond motifs is 1. The molecule has 0 radical (unpaired) electrons. The van der Waals surface area contributed by atoms with Gasteiger partial charge in [-0.25, -0.2) is 0 Å². The summed E-state index contributed by atoms with van der Waals surface area (Å²) in [5.74, 6) is 2.29. The summed E-state index contributed by atoms with van der Waals surface area (Å²) in [6.45, 7) is 5.72. The van der Waals surface area contributed by atoms with Gasteiger partial charge in [-0.15, -0.1) is 0 Å². The van der Waals surface area contributed by atoms with Crippen molar-refractivity contribution in [3.05, 3.63) is 53.6 Å². The highest BCUT2D eigenvalue weighted by Gasteiger charge is 2.34. The lowest BCUT2D eigenvalue weighted by Gasteiger charge is -2.29. The highest BCUT2D eigenvalue weighted by molar-refractivity contribution is 5.81. The molecule has 0 aromatic heterocycles. The summed E-state index contributed by atoms with van der Waals surface area (Å²) in [5, 5.41) is 0. The Balaban J connectivity index is 1.49. The van der Waals surface area contributed by atoms with Gasteiger partial charge in [0.25, 0.3) is 5.91 Å². The van der Waals surface area contributed by atoms with Gasteiger partial charge in [0, 0.05) is 6.54 Å². The number of carbonyl (C=O) groups is 1. The lowest BCUT2D eigenvalue weighted by molar-refractivity contribution is -0.138. The molecule has 1 fully saturated rings. The highest BCUT2D eigenvalue weighted by atomic mass is 16.6. The fourth-order valence-electron chi connectivity index (χ4n) is 3.82. The molecule has 0 aliphatic carbocycles. The van der Waals surface area contributed by atoms with Gasteiger partial charge in [0.15, 0.2) is 17.6 Å². The summed E-state index contributed by atoms with van der Waals surface area (Å²) in [7, 11) is 0. The van der Waals surface area contributed by atoms with E-state index in [1.165, 1.54) is 0 Å². The van der Waals surface area contributed by atoms with Crippen LogP contribution in [-0.4, -0.2) is 36.7 Å². The standard InChI is InChI=1S/C22H25NO4/c1-15-5-3-6-18(13-15)27-16(2)22(24)23-10-4-7-19(23)17-8-9-20-21(14-17)26-12-11-25-20/h3,5-6,8-9,13-14,16,19H,4,7,10-12H2,1-2H3. The summed E-state index contributed by atoms with van der Waals surface area (Å²) in [5.41, 5.74) is 2.20. The molecule has 0 N–H and O–H groups in total. The maximum Gasteiger partial charge on any atom is 0.263 e. The molecule has 4 rings (SSSR count). The van der Waals surface area contributed by atoms with Crippen molar-refractivity contribution in [1.29, 1.82) is 0 Å². The van der Waals surface area contributed by atoms with Gasteiger partial charge in [-0.2, -0.15) is 0 Å². The first-order valence-corrected chi connectivity index (χ1v) is 9.55. The van der Waals surface area contributed by atoms with Crippen molar-refractivity contribution in [3.8, 4) is 17.2 Å². The number of hydrogen-bond donors (Lipinski definition) is 0. The Bertz CT molecular complexity index is 835. The van der Waals surface area contributed by atoms with Crippen LogP contribution < -0.4 is 14.2 Å². The minimum atomic E-state index is -0.524. The minimum Gasteiger partial charge on any atom is -0.486 e. The Kier molecular flexibility index (Phi) is 4.92. The van der Waals surface area contributed by atoms with Gasteiger partial charge in [0.05, 0.1) is 6.04 Å². The van der Waals surface area contributed by atoms with Gasteiger partial charge in [-0.1, -0.05) is 18.2 Å². The van der Waals surface area contributed by atoms with E-state index in [2.05, 4.69) is 0 Å². The van der Waals surface area contributed by atoms with E-state index >= 15 is 0 Å². The number of carbonyl (C=O) groups excluding carboxylic acids is 1. The predicted molar refractivity (Wildman–Crippen MR) is 102 cm³/mol. The van der Waals surface area contributed by atoms with E-state index in [1.807, 2.05) is 61.2 Å². The normalized spacial score (nSPS) is 19.6. The van der Waals surface area contributed by atoms with Crippen LogP contribution in [0.1, 0.15) is 36.9 Å². The number of rotatable bonds is 4. The average Bonchev–Trinajstić information content (AvgIpc) is 3.16. The summed E-state index contributed by atoms with van der Waals surface area (Å²) < 4.78 is 17.2. The predicted octanol–water partition coefficient (Wildman–Crippen LogP) is 3.90. The van der Waals surface area contributed by atoms with Gasteiger partial charge in [0.1, 0.15) is 19.0 Å². The molecule has 2 heterocycles. The van der Waals surface area contributed by atoms with Crippen LogP contribution in [0.2, 0.25) is 0 Å². The molecule has 2 atom stereocenters. The second-order valence-electron chi connectivity index (χ2n) is 7.17. The maximum absolute atomic E-state index is 13.1. The van der Waals surface area contributed by atoms with E-state index in [4.69, 9.17) is 14.2 Å². The molecular weight excluding hydrogens is 342 g/mol. The molecule has 1 saturated heterocycles. The van der Waals surface area contributed by atoms with Gasteiger partial charge >= 0.3 is 0 Å². The Morgan fingerprint density at radius 3 is 2.78 bits per heavy atom. The van der Waals surface area contributed by atoms with Crippen LogP contribution in [0.3, 0.4) is 0 Å². The first-order chi connectivity index (χ1) is 13.1. The number of ether oxygens (including phenoxy) is 3. The third-order valence-corrected chi connectivity index (χ3v) is 5.14. The average molecular weight is 367 g/mol. The zero-order valence-electron chi connectivity index (χ0n) is 15.8. The fourth-order valence-corrected chi connectivity index (χ4v) is 3.82. The van der Waals surface area contributed by atoms with E-state index in [-0.39, 0.29) is 11.9 Å². The van der Waals surface area contributed by atoms with Crippen LogP contribution in [0.4, 0.5) is 0 Å². The van der Waals surface area contributed by atoms with Crippen molar-refractivity contribution < 1.29 is 19.0 Å². The van der Waals surface area contributed by atoms with Gasteiger partial charge in [-0.3, -0.25) is 4.79 Å². The first-order valence-electron chi connectivity index (χ1n) is 9.55. The van der Waals surface area contributed by atoms with E-state index in [0.717, 1.165) is 47.8 Å². The summed E-state index contributed by atoms with van der Waals surface area (Å²) in [6.07, 6.45) is 1.41. The van der Waals surface area contributed by atoms with E-state index in [9.17, 15) is 4.79 Å². The highest BCUT2D eigenvalue weighted by Crippen LogP contribution is 2.38. The monoisotopic (exact) mass is 367 g/mol. The van der Waals surface area contributed by atoms with Crippen LogP contribution in [0.25, 0.3) is 0 Å². The molecule has 2 aromatic carbocycles. The third-order valence-electron chi connectivity index (χ3n) is 5.14. The van der Waals surface area contributed by atoms with Crippen molar-refractivity contribution in [2.45, 2.75) is 38.8 Å². The summed E-state index contributed by atoms with van der Waals surface area (Å²) in [4.78, 5) is 15.0. The largest absolute Gasteiger partial charge is 0.486 e. The van der Waals surface area contributed by atoms with Crippen molar-refractivity contribution in [2.75, 3.05) is 19.8 Å². The number of hydrogen-bond acceptors (Lipinski definition) is 4. The molecule has 142 valence electrons. The number of benzene rings is 2. The summed E-state index contributed by atoms with van der Waals surface area (Å²) >= 11 is 0. The lowest BCUT2D eigenvalue weighted by atomic mass is 10.0. The molecule has 0 spiro atoms. The van der Waals surface area contributed by atoms with Crippen LogP contribution in [0, 0.1) is 6.92 Å². The smallest absolute Gasteiger partial charge is 0.263 e. The van der Waals surface area contributed by atoms with Crippen molar-refractivity contribution >= 4 is 5.91 Å². The third kappa shape index (κ3) is 3.72. The van der Waals surface area contributed by atoms with E-state index < -0.39 is 6.10 Å². The topological polar surface area (TPSA) is 48.0 Å². The van der Waals surface area contributed by atoms with Crippen molar-refractivity contribution in [1.82, 2.24) is 4.90 Å². The molecule has 5 heteroatoms. The number of nitrogens with zero attached hydrogens (tertiary/aromatic N) is 1. The second-order valence-corrected chi connectivity index (χ2v) is 7.17. The Labute approximate surface area is 159 Å². The van der Waals surface area contributed by atoms with Crippen LogP contribution in [0.15, 0.2) is 42.5 Å². The van der Waals surface area contributed by atoms with E-state index in [1.54, 1.807) is 0 Å². The molecule has 0 bridgehead atoms. The first kappa shape index (κ1) is 17.7. The minimum absolute atomic E-state index is 0.0221. The number of likely N-dealkylation sites (tertiary alicyclic amines) is 1. The zero-order valence-corrected chi connectivity index (χ0v) is 15.8. The van der Waals surface area contributed by atoms with Crippen molar-refractivity contribution in [3.63, 3.8) is 0 Å². The van der Waals surface area contributed by atoms with Gasteiger partial charge < -0.3 is 19.1 Å². The second kappa shape index (κ2) is 7.51. The summed E-state index contributed by atoms with van der Waals surface area (Å²) in [6, 6.07) is 13.8. The molecule has 2 aromatic rings. The molecular formula is C22H25NO4. The molecule has 2 aliphatic heterocycles.